The van der Waals surface area contributed by atoms with E-state index in [0.29, 0.717) is 0 Å². The van der Waals surface area contributed by atoms with E-state index in [2.05, 4.69) is 93.9 Å². The Balaban J connectivity index is 1.84. The van der Waals surface area contributed by atoms with Crippen LogP contribution in [-0.4, -0.2) is 18.1 Å². The molecule has 0 N–H and O–H groups in total. The zero-order valence-corrected chi connectivity index (χ0v) is 35.1. The first-order valence-electron chi connectivity index (χ1n) is 22.3. The Hall–Kier alpha value is -1.87. The van der Waals surface area contributed by atoms with Crippen molar-refractivity contribution in [2.45, 2.75) is 220 Å². The number of benzene rings is 1. The zero-order valence-electron chi connectivity index (χ0n) is 35.1. The SMILES string of the molecule is CCCCCCCCCCCCCCCCN(Cc1ccc[n+](C)c1)Cc1cccc(C(C)(C)C)c1OCCCCCCCCCCCCCC. The number of hydrogen-bond donors (Lipinski definition) is 0. The molecule has 292 valence electrons. The number of nitrogens with zero attached hydrogens (tertiary/aromatic N) is 2. The number of aromatic nitrogens is 1. The van der Waals surface area contributed by atoms with Crippen LogP contribution in [0.1, 0.15) is 218 Å². The fourth-order valence-corrected chi connectivity index (χ4v) is 7.57. The normalized spacial score (nSPS) is 11.9. The van der Waals surface area contributed by atoms with Crippen LogP contribution < -0.4 is 9.30 Å². The van der Waals surface area contributed by atoms with Crippen LogP contribution in [-0.2, 0) is 25.6 Å². The molecular formula is C48H85N2O+. The summed E-state index contributed by atoms with van der Waals surface area (Å²) in [5.74, 6) is 1.15. The largest absolute Gasteiger partial charge is 0.493 e. The van der Waals surface area contributed by atoms with E-state index in [0.717, 1.165) is 38.4 Å². The predicted octanol–water partition coefficient (Wildman–Crippen LogP) is 14.4. The first-order valence-corrected chi connectivity index (χ1v) is 22.3. The Morgan fingerprint density at radius 2 is 1.02 bits per heavy atom. The topological polar surface area (TPSA) is 16.4 Å². The van der Waals surface area contributed by atoms with Crippen molar-refractivity contribution in [1.82, 2.24) is 4.90 Å². The molecule has 1 aromatic carbocycles. The maximum atomic E-state index is 6.75. The Morgan fingerprint density at radius 3 is 1.49 bits per heavy atom. The summed E-state index contributed by atoms with van der Waals surface area (Å²) in [7, 11) is 2.13. The number of pyridine rings is 1. The van der Waals surface area contributed by atoms with Crippen molar-refractivity contribution in [3.63, 3.8) is 0 Å². The van der Waals surface area contributed by atoms with Gasteiger partial charge in [-0.15, -0.1) is 0 Å². The zero-order chi connectivity index (χ0) is 36.8. The van der Waals surface area contributed by atoms with Crippen molar-refractivity contribution in [3.8, 4) is 5.75 Å². The summed E-state index contributed by atoms with van der Waals surface area (Å²) in [6.45, 7) is 15.5. The van der Waals surface area contributed by atoms with Crippen molar-refractivity contribution >= 4 is 0 Å². The van der Waals surface area contributed by atoms with Crippen molar-refractivity contribution in [3.05, 3.63) is 59.4 Å². The fourth-order valence-electron chi connectivity index (χ4n) is 7.57. The van der Waals surface area contributed by atoms with Crippen molar-refractivity contribution in [2.24, 2.45) is 7.05 Å². The summed E-state index contributed by atoms with van der Waals surface area (Å²) in [6, 6.07) is 11.4. The molecule has 0 atom stereocenters. The number of aryl methyl sites for hydroxylation is 1. The molecule has 0 amide bonds. The molecule has 0 saturated heterocycles. The molecule has 2 rings (SSSR count). The molecule has 0 bridgehead atoms. The monoisotopic (exact) mass is 706 g/mol. The Morgan fingerprint density at radius 1 is 0.549 bits per heavy atom. The first kappa shape index (κ1) is 45.3. The van der Waals surface area contributed by atoms with E-state index in [9.17, 15) is 0 Å². The highest BCUT2D eigenvalue weighted by molar-refractivity contribution is 5.45. The lowest BCUT2D eigenvalue weighted by atomic mass is 9.85. The van der Waals surface area contributed by atoms with Crippen LogP contribution in [0.4, 0.5) is 0 Å². The number of ether oxygens (including phenoxy) is 1. The summed E-state index contributed by atoms with van der Waals surface area (Å²) in [6.07, 6.45) is 40.5. The minimum atomic E-state index is 0.0501. The fraction of sp³-hybridized carbons (Fsp3) is 0.771. The van der Waals surface area contributed by atoms with Gasteiger partial charge in [0.1, 0.15) is 12.8 Å². The average Bonchev–Trinajstić information content (AvgIpc) is 3.10. The molecule has 51 heavy (non-hydrogen) atoms. The van der Waals surface area contributed by atoms with Crippen LogP contribution in [0.5, 0.6) is 5.75 Å². The third-order valence-corrected chi connectivity index (χ3v) is 10.8. The van der Waals surface area contributed by atoms with E-state index in [1.54, 1.807) is 0 Å². The van der Waals surface area contributed by atoms with Crippen molar-refractivity contribution < 1.29 is 9.30 Å². The Kier molecular flexibility index (Phi) is 26.3. The first-order chi connectivity index (χ1) is 24.8. The molecule has 0 aliphatic carbocycles. The molecule has 0 fully saturated rings. The van der Waals surface area contributed by atoms with Gasteiger partial charge in [0.05, 0.1) is 6.61 Å². The van der Waals surface area contributed by atoms with Gasteiger partial charge in [0.25, 0.3) is 0 Å². The molecule has 0 saturated carbocycles. The number of hydrogen-bond acceptors (Lipinski definition) is 2. The minimum absolute atomic E-state index is 0.0501. The van der Waals surface area contributed by atoms with Gasteiger partial charge in [-0.3, -0.25) is 4.90 Å². The maximum absolute atomic E-state index is 6.75. The molecule has 0 spiro atoms. The van der Waals surface area contributed by atoms with Gasteiger partial charge in [0, 0.05) is 30.3 Å². The van der Waals surface area contributed by atoms with Gasteiger partial charge in [0.15, 0.2) is 12.4 Å². The van der Waals surface area contributed by atoms with Gasteiger partial charge in [-0.05, 0) is 36.4 Å². The van der Waals surface area contributed by atoms with Crippen LogP contribution in [0, 0.1) is 0 Å². The Labute approximate surface area is 318 Å². The highest BCUT2D eigenvalue weighted by Gasteiger charge is 2.22. The van der Waals surface area contributed by atoms with Gasteiger partial charge in [-0.2, -0.15) is 0 Å². The van der Waals surface area contributed by atoms with Crippen LogP contribution in [0.2, 0.25) is 0 Å². The predicted molar refractivity (Wildman–Crippen MR) is 224 cm³/mol. The van der Waals surface area contributed by atoms with Crippen molar-refractivity contribution in [2.75, 3.05) is 13.2 Å². The van der Waals surface area contributed by atoms with Crippen LogP contribution >= 0.6 is 0 Å². The standard InChI is InChI=1S/C48H85N2O/c1-7-9-11-13-15-17-19-21-22-23-25-27-29-31-39-50(42-44-35-34-38-49(6)41-44)43-45-36-33-37-46(48(3,4)5)47(45)51-40-32-30-28-26-24-20-18-16-14-12-10-8-2/h33-38,41H,7-32,39-40,42-43H2,1-6H3/q+1. The van der Waals surface area contributed by atoms with Crippen LogP contribution in [0.25, 0.3) is 0 Å². The van der Waals surface area contributed by atoms with E-state index in [1.807, 2.05) is 0 Å². The van der Waals surface area contributed by atoms with Crippen LogP contribution in [0.15, 0.2) is 42.7 Å². The van der Waals surface area contributed by atoms with Gasteiger partial charge in [-0.1, -0.05) is 207 Å². The second-order valence-corrected chi connectivity index (χ2v) is 17.0. The van der Waals surface area contributed by atoms with Gasteiger partial charge in [0.2, 0.25) is 0 Å². The molecule has 3 nitrogen and oxygen atoms in total. The third kappa shape index (κ3) is 22.7. The minimum Gasteiger partial charge on any atom is -0.493 e. The summed E-state index contributed by atoms with van der Waals surface area (Å²) < 4.78 is 8.94. The average molecular weight is 706 g/mol. The molecule has 1 aromatic heterocycles. The lowest BCUT2D eigenvalue weighted by molar-refractivity contribution is -0.672. The number of unbranched alkanes of at least 4 members (excludes halogenated alkanes) is 24. The molecular weight excluding hydrogens is 621 g/mol. The van der Waals surface area contributed by atoms with Gasteiger partial charge in [-0.25, -0.2) is 4.57 Å². The summed E-state index contributed by atoms with van der Waals surface area (Å²) in [5, 5.41) is 0. The third-order valence-electron chi connectivity index (χ3n) is 10.8. The Bertz CT molecular complexity index is 1090. The highest BCUT2D eigenvalue weighted by atomic mass is 16.5. The van der Waals surface area contributed by atoms with Crippen LogP contribution in [0.3, 0.4) is 0 Å². The summed E-state index contributed by atoms with van der Waals surface area (Å²) >= 11 is 0. The molecule has 0 radical (unpaired) electrons. The van der Waals surface area contributed by atoms with E-state index in [1.165, 1.54) is 177 Å². The van der Waals surface area contributed by atoms with E-state index >= 15 is 0 Å². The molecule has 0 aliphatic rings. The molecule has 3 heteroatoms. The van der Waals surface area contributed by atoms with E-state index < -0.39 is 0 Å². The van der Waals surface area contributed by atoms with E-state index in [4.69, 9.17) is 4.74 Å². The van der Waals surface area contributed by atoms with Gasteiger partial charge >= 0.3 is 0 Å². The number of rotatable bonds is 33. The molecule has 0 aliphatic heterocycles. The second kappa shape index (κ2) is 29.6. The van der Waals surface area contributed by atoms with Crippen molar-refractivity contribution in [1.29, 1.82) is 0 Å². The molecule has 0 unspecified atom stereocenters. The maximum Gasteiger partial charge on any atom is 0.173 e. The summed E-state index contributed by atoms with van der Waals surface area (Å²) in [4.78, 5) is 2.67. The molecule has 1 heterocycles. The summed E-state index contributed by atoms with van der Waals surface area (Å²) in [5.41, 5.74) is 4.14. The lowest BCUT2D eigenvalue weighted by Crippen LogP contribution is -2.30. The highest BCUT2D eigenvalue weighted by Crippen LogP contribution is 2.35. The quantitative estimate of drug-likeness (QED) is 0.0543. The smallest absolute Gasteiger partial charge is 0.173 e. The molecule has 2 aromatic rings. The second-order valence-electron chi connectivity index (χ2n) is 17.0. The number of para-hydroxylation sites is 1. The van der Waals surface area contributed by atoms with Gasteiger partial charge < -0.3 is 4.74 Å². The van der Waals surface area contributed by atoms with E-state index in [-0.39, 0.29) is 5.41 Å². The lowest BCUT2D eigenvalue weighted by Gasteiger charge is -2.28.